The molecule has 0 bridgehead atoms. The van der Waals surface area contributed by atoms with E-state index < -0.39 is 0 Å². The summed E-state index contributed by atoms with van der Waals surface area (Å²) in [5.41, 5.74) is 7.46. The molecule has 3 heteroatoms. The van der Waals surface area contributed by atoms with Crippen molar-refractivity contribution < 1.29 is 5.11 Å². The number of rotatable bonds is 3. The maximum absolute atomic E-state index is 9.72. The van der Waals surface area contributed by atoms with Crippen molar-refractivity contribution in [3.8, 4) is 5.75 Å². The van der Waals surface area contributed by atoms with Crippen molar-refractivity contribution >= 4 is 5.69 Å². The van der Waals surface area contributed by atoms with Gasteiger partial charge in [0.05, 0.1) is 0 Å². The maximum Gasteiger partial charge on any atom is 0.120 e. The summed E-state index contributed by atoms with van der Waals surface area (Å²) in [6.45, 7) is 3.38. The fourth-order valence-corrected chi connectivity index (χ4v) is 2.32. The van der Waals surface area contributed by atoms with Crippen molar-refractivity contribution in [1.29, 1.82) is 0 Å². The molecule has 2 rings (SSSR count). The lowest BCUT2D eigenvalue weighted by Gasteiger charge is -2.26. The van der Waals surface area contributed by atoms with Crippen LogP contribution in [0.2, 0.25) is 0 Å². The molecule has 3 N–H and O–H groups in total. The molecule has 0 radical (unpaired) electrons. The Balaban J connectivity index is 1.93. The van der Waals surface area contributed by atoms with Gasteiger partial charge in [-0.2, -0.15) is 0 Å². The molecule has 0 amide bonds. The predicted molar refractivity (Wildman–Crippen MR) is 66.5 cm³/mol. The third kappa shape index (κ3) is 2.67. The van der Waals surface area contributed by atoms with E-state index in [0.29, 0.717) is 11.4 Å². The Labute approximate surface area is 96.9 Å². The first-order chi connectivity index (χ1) is 7.77. The topological polar surface area (TPSA) is 49.5 Å². The highest BCUT2D eigenvalue weighted by Gasteiger charge is 2.11. The lowest BCUT2D eigenvalue weighted by Crippen LogP contribution is -2.31. The van der Waals surface area contributed by atoms with E-state index in [-0.39, 0.29) is 0 Å². The molecule has 0 unspecified atom stereocenters. The van der Waals surface area contributed by atoms with Crippen LogP contribution in [0.5, 0.6) is 5.75 Å². The third-order valence-electron chi connectivity index (χ3n) is 3.31. The first-order valence-corrected chi connectivity index (χ1v) is 6.06. The number of piperidine rings is 1. The first kappa shape index (κ1) is 11.3. The second-order valence-corrected chi connectivity index (χ2v) is 4.50. The maximum atomic E-state index is 9.72. The minimum absolute atomic E-state index is 0.331. The van der Waals surface area contributed by atoms with Gasteiger partial charge < -0.3 is 15.7 Å². The molecule has 1 saturated heterocycles. The van der Waals surface area contributed by atoms with Crippen molar-refractivity contribution in [2.45, 2.75) is 25.7 Å². The number of benzene rings is 1. The quantitative estimate of drug-likeness (QED) is 0.766. The second-order valence-electron chi connectivity index (χ2n) is 4.50. The Morgan fingerprint density at radius 1 is 1.19 bits per heavy atom. The van der Waals surface area contributed by atoms with Crippen LogP contribution < -0.4 is 5.73 Å². The highest BCUT2D eigenvalue weighted by Crippen LogP contribution is 2.23. The van der Waals surface area contributed by atoms with Crippen LogP contribution in [0.25, 0.3) is 0 Å². The van der Waals surface area contributed by atoms with E-state index in [1.54, 1.807) is 12.1 Å². The van der Waals surface area contributed by atoms with E-state index in [9.17, 15) is 5.11 Å². The zero-order chi connectivity index (χ0) is 11.4. The molecule has 1 aromatic carbocycles. The number of nitrogens with two attached hydrogens (primary N) is 1. The average Bonchev–Trinajstić information content (AvgIpc) is 2.30. The van der Waals surface area contributed by atoms with E-state index in [0.717, 1.165) is 18.5 Å². The summed E-state index contributed by atoms with van der Waals surface area (Å²) in [7, 11) is 0. The lowest BCUT2D eigenvalue weighted by atomic mass is 10.1. The molecule has 0 saturated carbocycles. The van der Waals surface area contributed by atoms with Crippen LogP contribution in [-0.4, -0.2) is 29.6 Å². The Morgan fingerprint density at radius 3 is 2.62 bits per heavy atom. The van der Waals surface area contributed by atoms with Gasteiger partial charge in [0.25, 0.3) is 0 Å². The van der Waals surface area contributed by atoms with Gasteiger partial charge in [-0.15, -0.1) is 0 Å². The minimum atomic E-state index is 0.331. The summed E-state index contributed by atoms with van der Waals surface area (Å²) < 4.78 is 0. The summed E-state index contributed by atoms with van der Waals surface area (Å²) in [4.78, 5) is 2.45. The molecule has 0 aliphatic carbocycles. The smallest absolute Gasteiger partial charge is 0.120 e. The van der Waals surface area contributed by atoms with E-state index >= 15 is 0 Å². The van der Waals surface area contributed by atoms with Gasteiger partial charge >= 0.3 is 0 Å². The molecule has 3 nitrogen and oxygen atoms in total. The molecule has 1 aliphatic heterocycles. The normalized spacial score (nSPS) is 17.5. The number of phenols is 1. The largest absolute Gasteiger partial charge is 0.508 e. The summed E-state index contributed by atoms with van der Waals surface area (Å²) in [6, 6.07) is 5.35. The summed E-state index contributed by atoms with van der Waals surface area (Å²) in [5.74, 6) is 0.331. The summed E-state index contributed by atoms with van der Waals surface area (Å²) in [6.07, 6.45) is 4.81. The Morgan fingerprint density at radius 2 is 1.94 bits per heavy atom. The van der Waals surface area contributed by atoms with E-state index in [1.165, 1.54) is 32.4 Å². The molecular weight excluding hydrogens is 200 g/mol. The summed E-state index contributed by atoms with van der Waals surface area (Å²) >= 11 is 0. The van der Waals surface area contributed by atoms with E-state index in [2.05, 4.69) is 4.90 Å². The molecule has 1 aliphatic rings. The van der Waals surface area contributed by atoms with Crippen LogP contribution in [-0.2, 0) is 6.42 Å². The molecule has 0 atom stereocenters. The molecular formula is C13H20N2O. The van der Waals surface area contributed by atoms with Crippen LogP contribution in [0.3, 0.4) is 0 Å². The van der Waals surface area contributed by atoms with Gasteiger partial charge in [0.15, 0.2) is 0 Å². The number of hydrogen-bond acceptors (Lipinski definition) is 3. The zero-order valence-electron chi connectivity index (χ0n) is 9.65. The zero-order valence-corrected chi connectivity index (χ0v) is 9.65. The number of anilines is 1. The van der Waals surface area contributed by atoms with Gasteiger partial charge in [0, 0.05) is 17.8 Å². The van der Waals surface area contributed by atoms with Crippen molar-refractivity contribution in [1.82, 2.24) is 4.90 Å². The molecule has 16 heavy (non-hydrogen) atoms. The van der Waals surface area contributed by atoms with Gasteiger partial charge in [-0.3, -0.25) is 0 Å². The van der Waals surface area contributed by atoms with Gasteiger partial charge in [-0.05, 0) is 44.5 Å². The number of phenolic OH excluding ortho intramolecular Hbond substituents is 1. The molecule has 0 spiro atoms. The van der Waals surface area contributed by atoms with Crippen LogP contribution in [0, 0.1) is 0 Å². The summed E-state index contributed by atoms with van der Waals surface area (Å²) in [5, 5.41) is 9.72. The van der Waals surface area contributed by atoms with E-state index in [4.69, 9.17) is 5.73 Å². The van der Waals surface area contributed by atoms with Crippen molar-refractivity contribution in [2.24, 2.45) is 0 Å². The van der Waals surface area contributed by atoms with Crippen molar-refractivity contribution in [3.63, 3.8) is 0 Å². The second kappa shape index (κ2) is 5.21. The number of hydrogen-bond donors (Lipinski definition) is 2. The van der Waals surface area contributed by atoms with Gasteiger partial charge in [0.1, 0.15) is 5.75 Å². The Bertz CT molecular complexity index is 326. The number of nitrogens with zero attached hydrogens (tertiary/aromatic N) is 1. The van der Waals surface area contributed by atoms with Crippen molar-refractivity contribution in [2.75, 3.05) is 25.4 Å². The van der Waals surface area contributed by atoms with Gasteiger partial charge in [0.2, 0.25) is 0 Å². The monoisotopic (exact) mass is 220 g/mol. The van der Waals surface area contributed by atoms with Crippen LogP contribution >= 0.6 is 0 Å². The molecule has 0 aromatic heterocycles. The van der Waals surface area contributed by atoms with Crippen LogP contribution in [0.4, 0.5) is 5.69 Å². The molecule has 88 valence electrons. The highest BCUT2D eigenvalue weighted by atomic mass is 16.3. The molecule has 1 aromatic rings. The molecule has 1 fully saturated rings. The number of nitrogen functional groups attached to an aromatic ring is 1. The number of likely N-dealkylation sites (tertiary alicyclic amines) is 1. The lowest BCUT2D eigenvalue weighted by molar-refractivity contribution is 0.231. The molecule has 1 heterocycles. The van der Waals surface area contributed by atoms with Gasteiger partial charge in [-0.25, -0.2) is 0 Å². The standard InChI is InChI=1S/C13H20N2O/c14-12-5-4-6-13(16)11(12)7-10-15-8-2-1-3-9-15/h4-6,16H,1-3,7-10,14H2. The highest BCUT2D eigenvalue weighted by molar-refractivity contribution is 5.53. The first-order valence-electron chi connectivity index (χ1n) is 6.06. The fourth-order valence-electron chi connectivity index (χ4n) is 2.32. The average molecular weight is 220 g/mol. The van der Waals surface area contributed by atoms with Crippen molar-refractivity contribution in [3.05, 3.63) is 23.8 Å². The Kier molecular flexibility index (Phi) is 3.67. The van der Waals surface area contributed by atoms with Crippen LogP contribution in [0.15, 0.2) is 18.2 Å². The predicted octanol–water partition coefficient (Wildman–Crippen LogP) is 2.00. The number of aromatic hydroxyl groups is 1. The Hall–Kier alpha value is -1.22. The fraction of sp³-hybridized carbons (Fsp3) is 0.538. The van der Waals surface area contributed by atoms with Gasteiger partial charge in [-0.1, -0.05) is 12.5 Å². The minimum Gasteiger partial charge on any atom is -0.508 e. The third-order valence-corrected chi connectivity index (χ3v) is 3.31. The SMILES string of the molecule is Nc1cccc(O)c1CCN1CCCCC1. The van der Waals surface area contributed by atoms with E-state index in [1.807, 2.05) is 6.07 Å². The van der Waals surface area contributed by atoms with Crippen LogP contribution in [0.1, 0.15) is 24.8 Å².